The van der Waals surface area contributed by atoms with Gasteiger partial charge in [-0.3, -0.25) is 4.79 Å². The summed E-state index contributed by atoms with van der Waals surface area (Å²) >= 11 is 0. The Morgan fingerprint density at radius 2 is 2.29 bits per heavy atom. The normalized spacial score (nSPS) is 6.57. The second kappa shape index (κ2) is 6.47. The molecule has 1 amide bonds. The van der Waals surface area contributed by atoms with Crippen LogP contribution in [0.3, 0.4) is 0 Å². The van der Waals surface area contributed by atoms with Gasteiger partial charge in [0.2, 0.25) is 5.91 Å². The van der Waals surface area contributed by atoms with E-state index in [0.29, 0.717) is 6.42 Å². The van der Waals surface area contributed by atoms with Crippen LogP contribution >= 0.6 is 0 Å². The number of amides is 1. The first-order chi connectivity index (χ1) is 2.81. The third-order valence-electron chi connectivity index (χ3n) is 0.600. The summed E-state index contributed by atoms with van der Waals surface area (Å²) in [6.45, 7) is 1.82. The summed E-state index contributed by atoms with van der Waals surface area (Å²) in [6, 6.07) is 0. The van der Waals surface area contributed by atoms with E-state index in [0.717, 1.165) is 0 Å². The van der Waals surface area contributed by atoms with E-state index in [4.69, 9.17) is 0 Å². The molecular formula is C4H10NNaO. The summed E-state index contributed by atoms with van der Waals surface area (Å²) in [5.74, 6) is 0.0926. The quantitative estimate of drug-likeness (QED) is 0.365. The zero-order valence-electron chi connectivity index (χ0n) is 6.12. The van der Waals surface area contributed by atoms with E-state index in [1.807, 2.05) is 6.92 Å². The van der Waals surface area contributed by atoms with Crippen molar-refractivity contribution >= 4 is 5.91 Å². The third kappa shape index (κ3) is 6.47. The van der Waals surface area contributed by atoms with Crippen molar-refractivity contribution in [3.8, 4) is 0 Å². The predicted octanol–water partition coefficient (Wildman–Crippen LogP) is -2.74. The van der Waals surface area contributed by atoms with E-state index in [9.17, 15) is 4.79 Å². The van der Waals surface area contributed by atoms with Gasteiger partial charge in [0.05, 0.1) is 0 Å². The maximum atomic E-state index is 10.1. The van der Waals surface area contributed by atoms with Crippen molar-refractivity contribution in [3.05, 3.63) is 0 Å². The van der Waals surface area contributed by atoms with Gasteiger partial charge < -0.3 is 6.74 Å². The number of carbonyl (C=O) groups excluding carboxylic acids is 1. The Kier molecular flexibility index (Phi) is 9.66. The van der Waals surface area contributed by atoms with Gasteiger partial charge in [0, 0.05) is 13.5 Å². The molecule has 0 aromatic heterocycles. The molecule has 0 aliphatic rings. The van der Waals surface area contributed by atoms with Crippen molar-refractivity contribution in [2.75, 3.05) is 7.05 Å². The van der Waals surface area contributed by atoms with Crippen LogP contribution in [0.25, 0.3) is 0 Å². The van der Waals surface area contributed by atoms with E-state index < -0.39 is 0 Å². The Morgan fingerprint density at radius 1 is 1.86 bits per heavy atom. The van der Waals surface area contributed by atoms with E-state index in [1.54, 1.807) is 7.05 Å². The summed E-state index contributed by atoms with van der Waals surface area (Å²) in [5, 5.41) is 2.48. The molecule has 0 aromatic rings. The number of hydrogen-bond donors (Lipinski definition) is 1. The second-order valence-corrected chi connectivity index (χ2v) is 1.03. The van der Waals surface area contributed by atoms with Crippen LogP contribution < -0.4 is 34.9 Å². The van der Waals surface area contributed by atoms with Gasteiger partial charge in [-0.05, 0) is 0 Å². The Bertz CT molecular complexity index is 54.0. The van der Waals surface area contributed by atoms with Crippen molar-refractivity contribution < 1.29 is 35.8 Å². The summed E-state index contributed by atoms with van der Waals surface area (Å²) in [4.78, 5) is 10.1. The molecule has 0 aromatic carbocycles. The smallest absolute Gasteiger partial charge is 1.00 e. The Labute approximate surface area is 67.4 Å². The molecule has 0 spiro atoms. The summed E-state index contributed by atoms with van der Waals surface area (Å²) < 4.78 is 0. The average molecular weight is 111 g/mol. The molecule has 0 heterocycles. The van der Waals surface area contributed by atoms with Crippen LogP contribution in [0, 0.1) is 0 Å². The first kappa shape index (κ1) is 10.5. The van der Waals surface area contributed by atoms with E-state index in [2.05, 4.69) is 5.32 Å². The summed E-state index contributed by atoms with van der Waals surface area (Å²) in [6.07, 6.45) is 0.580. The molecule has 2 nitrogen and oxygen atoms in total. The van der Waals surface area contributed by atoms with Gasteiger partial charge in [-0.15, -0.1) is 0 Å². The molecule has 0 rings (SSSR count). The van der Waals surface area contributed by atoms with E-state index >= 15 is 0 Å². The van der Waals surface area contributed by atoms with Crippen molar-refractivity contribution in [1.82, 2.24) is 5.32 Å². The van der Waals surface area contributed by atoms with Crippen molar-refractivity contribution in [1.29, 1.82) is 0 Å². The van der Waals surface area contributed by atoms with E-state index in [1.165, 1.54) is 0 Å². The minimum absolute atomic E-state index is 0. The topological polar surface area (TPSA) is 29.1 Å². The van der Waals surface area contributed by atoms with Crippen LogP contribution in [0.15, 0.2) is 0 Å². The minimum Gasteiger partial charge on any atom is -1.00 e. The third-order valence-corrected chi connectivity index (χ3v) is 0.600. The monoisotopic (exact) mass is 111 g/mol. The predicted molar refractivity (Wildman–Crippen MR) is 25.5 cm³/mol. The van der Waals surface area contributed by atoms with Gasteiger partial charge in [-0.25, -0.2) is 0 Å². The van der Waals surface area contributed by atoms with Crippen molar-refractivity contribution in [2.24, 2.45) is 0 Å². The molecule has 0 aliphatic heterocycles. The van der Waals surface area contributed by atoms with Crippen LogP contribution in [-0.2, 0) is 4.79 Å². The Morgan fingerprint density at radius 3 is 2.29 bits per heavy atom. The Hall–Kier alpha value is 0.470. The molecule has 0 saturated carbocycles. The summed E-state index contributed by atoms with van der Waals surface area (Å²) in [5.41, 5.74) is 0. The largest absolute Gasteiger partial charge is 1.00 e. The van der Waals surface area contributed by atoms with Crippen LogP contribution in [0.5, 0.6) is 0 Å². The fraction of sp³-hybridized carbons (Fsp3) is 0.750. The standard InChI is InChI=1S/C4H9NO.Na.H/c1-3-4(6)5-2;;/h3H2,1-2H3,(H,5,6);;/q;+1;-1. The fourth-order valence-corrected chi connectivity index (χ4v) is 0.177. The summed E-state index contributed by atoms with van der Waals surface area (Å²) in [7, 11) is 1.63. The van der Waals surface area contributed by atoms with Gasteiger partial charge in [-0.1, -0.05) is 6.92 Å². The molecule has 0 aliphatic carbocycles. The zero-order chi connectivity index (χ0) is 4.99. The van der Waals surface area contributed by atoms with Gasteiger partial charge in [0.1, 0.15) is 0 Å². The maximum Gasteiger partial charge on any atom is 1.00 e. The number of nitrogens with one attached hydrogen (secondary N) is 1. The minimum atomic E-state index is 0. The first-order valence-corrected chi connectivity index (χ1v) is 2.01. The van der Waals surface area contributed by atoms with Gasteiger partial charge in [0.15, 0.2) is 0 Å². The molecule has 38 valence electrons. The molecule has 0 unspecified atom stereocenters. The SMILES string of the molecule is CCC(=O)NC.[H-].[Na+]. The van der Waals surface area contributed by atoms with Crippen LogP contribution in [0.1, 0.15) is 14.8 Å². The Balaban J connectivity index is -0.000000125. The number of rotatable bonds is 1. The number of carbonyl (C=O) groups is 1. The van der Waals surface area contributed by atoms with Crippen LogP contribution in [0.2, 0.25) is 0 Å². The average Bonchev–Trinajstić information content (AvgIpc) is 1.65. The van der Waals surface area contributed by atoms with Crippen molar-refractivity contribution in [3.63, 3.8) is 0 Å². The molecule has 3 heteroatoms. The van der Waals surface area contributed by atoms with Gasteiger partial charge in [-0.2, -0.15) is 0 Å². The molecular weight excluding hydrogens is 101 g/mol. The number of hydrogen-bond acceptors (Lipinski definition) is 1. The fourth-order valence-electron chi connectivity index (χ4n) is 0.177. The molecule has 0 saturated heterocycles. The zero-order valence-corrected chi connectivity index (χ0v) is 7.12. The first-order valence-electron chi connectivity index (χ1n) is 2.01. The van der Waals surface area contributed by atoms with Crippen LogP contribution in [0.4, 0.5) is 0 Å². The van der Waals surface area contributed by atoms with Crippen molar-refractivity contribution in [2.45, 2.75) is 13.3 Å². The molecule has 0 radical (unpaired) electrons. The molecule has 0 fully saturated rings. The molecule has 7 heavy (non-hydrogen) atoms. The maximum absolute atomic E-state index is 10.1. The van der Waals surface area contributed by atoms with Crippen LogP contribution in [-0.4, -0.2) is 13.0 Å². The van der Waals surface area contributed by atoms with Gasteiger partial charge >= 0.3 is 29.6 Å². The molecule has 1 N–H and O–H groups in total. The second-order valence-electron chi connectivity index (χ2n) is 1.03. The van der Waals surface area contributed by atoms with Gasteiger partial charge in [0.25, 0.3) is 0 Å². The van der Waals surface area contributed by atoms with E-state index in [-0.39, 0.29) is 36.9 Å². The molecule has 0 bridgehead atoms. The molecule has 0 atom stereocenters.